The molecule has 3 aromatic rings. The number of fused-ring (bicyclic) bond motifs is 2. The molecule has 2 aromatic carbocycles. The number of aliphatic imine (C=N–C) groups is 1. The molecule has 0 radical (unpaired) electrons. The third-order valence-corrected chi connectivity index (χ3v) is 6.28. The number of imide groups is 1. The lowest BCUT2D eigenvalue weighted by Gasteiger charge is -2.36. The molecule has 0 aliphatic carbocycles. The Morgan fingerprint density at radius 3 is 2.74 bits per heavy atom. The number of rotatable bonds is 4. The first kappa shape index (κ1) is 19.4. The Hall–Kier alpha value is -3.53. The first-order valence-electron chi connectivity index (χ1n) is 9.71. The number of hydrogen-bond donors (Lipinski definition) is 2. The number of carbonyl (C=O) groups excluding carboxylic acids is 2. The molecule has 0 spiro atoms. The predicted octanol–water partition coefficient (Wildman–Crippen LogP) is 2.41. The summed E-state index contributed by atoms with van der Waals surface area (Å²) in [7, 11) is 3.26. The fourth-order valence-electron chi connectivity index (χ4n) is 3.76. The first-order chi connectivity index (χ1) is 15.0. The average Bonchev–Trinajstić information content (AvgIpc) is 3.33. The van der Waals surface area contributed by atoms with Crippen LogP contribution in [-0.2, 0) is 11.3 Å². The van der Waals surface area contributed by atoms with E-state index in [2.05, 4.69) is 15.3 Å². The lowest BCUT2D eigenvalue weighted by Crippen LogP contribution is -2.63. The van der Waals surface area contributed by atoms with Crippen LogP contribution in [-0.4, -0.2) is 63.2 Å². The summed E-state index contributed by atoms with van der Waals surface area (Å²) in [5.41, 5.74) is 2.69. The van der Waals surface area contributed by atoms with Crippen LogP contribution >= 0.6 is 11.8 Å². The maximum Gasteiger partial charge on any atom is 0.325 e. The second-order valence-electron chi connectivity index (χ2n) is 7.32. The van der Waals surface area contributed by atoms with Gasteiger partial charge in [-0.25, -0.2) is 14.8 Å². The highest BCUT2D eigenvalue weighted by molar-refractivity contribution is 8.13. The van der Waals surface area contributed by atoms with E-state index < -0.39 is 18.2 Å². The number of nitrogens with one attached hydrogen (secondary N) is 2. The molecule has 31 heavy (non-hydrogen) atoms. The number of amidine groups is 1. The Bertz CT molecular complexity index is 1190. The minimum absolute atomic E-state index is 0.349. The standard InChI is InChI=1S/C21H20N6O3S/c1-26-17-16(18(28)25-20(26)29)27(11-12-6-4-3-5-7-12)21(24-17)31-19-22-14-9-8-13(30-2)10-15(14)23-19/h3-10,16-17H,11H2,1-2H3,(H,22,23)(H,25,28,29). The number of methoxy groups -OCH3 is 1. The number of hydrogen-bond acceptors (Lipinski definition) is 7. The summed E-state index contributed by atoms with van der Waals surface area (Å²) < 4.78 is 5.28. The molecule has 9 nitrogen and oxygen atoms in total. The Kier molecular flexibility index (Phi) is 4.78. The maximum atomic E-state index is 12.7. The summed E-state index contributed by atoms with van der Waals surface area (Å²) in [5.74, 6) is 0.386. The van der Waals surface area contributed by atoms with Gasteiger partial charge in [-0.3, -0.25) is 10.1 Å². The van der Waals surface area contributed by atoms with Gasteiger partial charge in [0.1, 0.15) is 5.75 Å². The van der Waals surface area contributed by atoms with Crippen LogP contribution in [0.1, 0.15) is 5.56 Å². The van der Waals surface area contributed by atoms with Crippen LogP contribution in [0.2, 0.25) is 0 Å². The van der Waals surface area contributed by atoms with Crippen LogP contribution in [0.25, 0.3) is 11.0 Å². The van der Waals surface area contributed by atoms with Crippen molar-refractivity contribution in [2.24, 2.45) is 4.99 Å². The van der Waals surface area contributed by atoms with Crippen LogP contribution in [0.15, 0.2) is 58.7 Å². The van der Waals surface area contributed by atoms with Gasteiger partial charge >= 0.3 is 6.03 Å². The molecule has 0 saturated carbocycles. The number of imidazole rings is 1. The van der Waals surface area contributed by atoms with Crippen LogP contribution in [0.5, 0.6) is 5.75 Å². The van der Waals surface area contributed by atoms with E-state index in [1.54, 1.807) is 14.2 Å². The highest BCUT2D eigenvalue weighted by atomic mass is 32.2. The Morgan fingerprint density at radius 2 is 1.97 bits per heavy atom. The van der Waals surface area contributed by atoms with Crippen molar-refractivity contribution in [3.8, 4) is 5.75 Å². The number of urea groups is 1. The van der Waals surface area contributed by atoms with E-state index in [0.717, 1.165) is 22.3 Å². The van der Waals surface area contributed by atoms with Crippen LogP contribution in [0, 0.1) is 0 Å². The number of carbonyl (C=O) groups is 2. The first-order valence-corrected chi connectivity index (χ1v) is 10.5. The molecule has 2 N–H and O–H groups in total. The number of thioether (sulfide) groups is 1. The molecule has 1 fully saturated rings. The molecule has 5 rings (SSSR count). The van der Waals surface area contributed by atoms with E-state index in [0.29, 0.717) is 16.9 Å². The lowest BCUT2D eigenvalue weighted by molar-refractivity contribution is -0.127. The maximum absolute atomic E-state index is 12.7. The molecule has 3 heterocycles. The Labute approximate surface area is 182 Å². The zero-order chi connectivity index (χ0) is 21.5. The van der Waals surface area contributed by atoms with Gasteiger partial charge in [-0.05, 0) is 29.5 Å². The Balaban J connectivity index is 1.49. The van der Waals surface area contributed by atoms with E-state index in [1.807, 2.05) is 53.4 Å². The Morgan fingerprint density at radius 1 is 1.16 bits per heavy atom. The number of H-pyrrole nitrogens is 1. The molecule has 2 unspecified atom stereocenters. The van der Waals surface area contributed by atoms with Gasteiger partial charge in [0.25, 0.3) is 5.91 Å². The van der Waals surface area contributed by atoms with Crippen LogP contribution < -0.4 is 10.1 Å². The second-order valence-corrected chi connectivity index (χ2v) is 8.27. The summed E-state index contributed by atoms with van der Waals surface area (Å²) in [5, 5.41) is 3.69. The normalized spacial score (nSPS) is 20.6. The van der Waals surface area contributed by atoms with E-state index in [4.69, 9.17) is 9.73 Å². The highest BCUT2D eigenvalue weighted by Crippen LogP contribution is 2.33. The van der Waals surface area contributed by atoms with Gasteiger partial charge in [0, 0.05) is 19.7 Å². The van der Waals surface area contributed by atoms with Gasteiger partial charge in [-0.2, -0.15) is 0 Å². The van der Waals surface area contributed by atoms with E-state index in [-0.39, 0.29) is 5.91 Å². The van der Waals surface area contributed by atoms with Gasteiger partial charge in [-0.1, -0.05) is 30.3 Å². The van der Waals surface area contributed by atoms with Gasteiger partial charge in [0.15, 0.2) is 22.5 Å². The van der Waals surface area contributed by atoms with Crippen molar-refractivity contribution in [2.75, 3.05) is 14.2 Å². The topological polar surface area (TPSA) is 103 Å². The van der Waals surface area contributed by atoms with E-state index in [1.165, 1.54) is 16.7 Å². The quantitative estimate of drug-likeness (QED) is 0.651. The van der Waals surface area contributed by atoms with Crippen molar-refractivity contribution < 1.29 is 14.3 Å². The van der Waals surface area contributed by atoms with E-state index in [9.17, 15) is 9.59 Å². The van der Waals surface area contributed by atoms with Crippen LogP contribution in [0.3, 0.4) is 0 Å². The van der Waals surface area contributed by atoms with Crippen LogP contribution in [0.4, 0.5) is 4.79 Å². The van der Waals surface area contributed by atoms with Crippen molar-refractivity contribution in [1.82, 2.24) is 25.1 Å². The molecule has 0 bridgehead atoms. The fourth-order valence-corrected chi connectivity index (χ4v) is 4.69. The molecular weight excluding hydrogens is 416 g/mol. The lowest BCUT2D eigenvalue weighted by atomic mass is 10.1. The van der Waals surface area contributed by atoms with Crippen molar-refractivity contribution in [2.45, 2.75) is 23.9 Å². The minimum atomic E-state index is -0.602. The molecule has 1 aromatic heterocycles. The number of benzene rings is 2. The monoisotopic (exact) mass is 436 g/mol. The van der Waals surface area contributed by atoms with Crippen molar-refractivity contribution in [1.29, 1.82) is 0 Å². The van der Waals surface area contributed by atoms with Gasteiger partial charge in [0.2, 0.25) is 0 Å². The summed E-state index contributed by atoms with van der Waals surface area (Å²) in [6.07, 6.45) is -0.586. The highest BCUT2D eigenvalue weighted by Gasteiger charge is 2.48. The summed E-state index contributed by atoms with van der Waals surface area (Å²) in [6.45, 7) is 0.483. The summed E-state index contributed by atoms with van der Waals surface area (Å²) in [6, 6.07) is 14.4. The molecule has 10 heteroatoms. The van der Waals surface area contributed by atoms with Crippen molar-refractivity contribution in [3.63, 3.8) is 0 Å². The number of likely N-dealkylation sites (N-methyl/N-ethyl adjacent to an activating group) is 1. The summed E-state index contributed by atoms with van der Waals surface area (Å²) >= 11 is 1.34. The number of nitrogens with zero attached hydrogens (tertiary/aromatic N) is 4. The molecule has 2 atom stereocenters. The number of aromatic nitrogens is 2. The third kappa shape index (κ3) is 3.48. The molecule has 2 aliphatic heterocycles. The van der Waals surface area contributed by atoms with Gasteiger partial charge in [-0.15, -0.1) is 0 Å². The third-order valence-electron chi connectivity index (χ3n) is 5.37. The zero-order valence-electron chi connectivity index (χ0n) is 16.9. The fraction of sp³-hybridized carbons (Fsp3) is 0.238. The minimum Gasteiger partial charge on any atom is -0.497 e. The number of aromatic amines is 1. The van der Waals surface area contributed by atoms with Crippen molar-refractivity contribution >= 4 is 39.9 Å². The summed E-state index contributed by atoms with van der Waals surface area (Å²) in [4.78, 5) is 40.9. The van der Waals surface area contributed by atoms with Gasteiger partial charge < -0.3 is 19.5 Å². The zero-order valence-corrected chi connectivity index (χ0v) is 17.7. The predicted molar refractivity (Wildman–Crippen MR) is 117 cm³/mol. The smallest absolute Gasteiger partial charge is 0.325 e. The number of ether oxygens (including phenoxy) is 1. The molecule has 3 amide bonds. The SMILES string of the molecule is COc1ccc2nc(SC3=NC4C(C(=O)NC(=O)N4C)N3Cc3ccccc3)[nH]c2c1. The van der Waals surface area contributed by atoms with Crippen molar-refractivity contribution in [3.05, 3.63) is 54.1 Å². The van der Waals surface area contributed by atoms with E-state index >= 15 is 0 Å². The molecular formula is C21H20N6O3S. The molecule has 158 valence electrons. The molecule has 1 saturated heterocycles. The van der Waals surface area contributed by atoms with Gasteiger partial charge in [0.05, 0.1) is 18.1 Å². The molecule has 2 aliphatic rings. The number of amides is 3. The largest absolute Gasteiger partial charge is 0.497 e. The second kappa shape index (κ2) is 7.62. The average molecular weight is 436 g/mol.